The van der Waals surface area contributed by atoms with Gasteiger partial charge in [0.15, 0.2) is 6.61 Å². The summed E-state index contributed by atoms with van der Waals surface area (Å²) in [7, 11) is 0. The van der Waals surface area contributed by atoms with Crippen molar-refractivity contribution < 1.29 is 14.3 Å². The minimum Gasteiger partial charge on any atom is -0.455 e. The zero-order valence-electron chi connectivity index (χ0n) is 14.6. The number of amides is 1. The van der Waals surface area contributed by atoms with Crippen molar-refractivity contribution in [3.05, 3.63) is 65.2 Å². The number of benzene rings is 2. The number of nitrogens with zero attached hydrogens (tertiary/aromatic N) is 1. The molecule has 138 valence electrons. The molecule has 0 fully saturated rings. The predicted molar refractivity (Wildman–Crippen MR) is 108 cm³/mol. The third kappa shape index (κ3) is 5.45. The number of carbonyl (C=O) groups is 2. The highest BCUT2D eigenvalue weighted by Gasteiger charge is 2.10. The van der Waals surface area contributed by atoms with Crippen LogP contribution in [0.4, 0.5) is 5.69 Å². The molecule has 1 N–H and O–H groups in total. The van der Waals surface area contributed by atoms with Crippen LogP contribution in [0, 0.1) is 6.92 Å². The van der Waals surface area contributed by atoms with Gasteiger partial charge in [-0.25, -0.2) is 4.98 Å². The molecule has 2 aromatic carbocycles. The van der Waals surface area contributed by atoms with Crippen molar-refractivity contribution in [1.82, 2.24) is 4.98 Å². The van der Waals surface area contributed by atoms with E-state index in [4.69, 9.17) is 16.3 Å². The van der Waals surface area contributed by atoms with Gasteiger partial charge in [-0.3, -0.25) is 9.59 Å². The Kier molecular flexibility index (Phi) is 6.32. The largest absolute Gasteiger partial charge is 0.455 e. The maximum Gasteiger partial charge on any atom is 0.316 e. The average Bonchev–Trinajstić information content (AvgIpc) is 2.65. The van der Waals surface area contributed by atoms with Crippen LogP contribution >= 0.6 is 23.4 Å². The quantitative estimate of drug-likeness (QED) is 0.488. The van der Waals surface area contributed by atoms with E-state index >= 15 is 0 Å². The van der Waals surface area contributed by atoms with Gasteiger partial charge in [-0.05, 0) is 42.8 Å². The van der Waals surface area contributed by atoms with Crippen LogP contribution in [0.1, 0.15) is 5.56 Å². The van der Waals surface area contributed by atoms with Gasteiger partial charge in [-0.15, -0.1) is 0 Å². The normalized spacial score (nSPS) is 10.6. The van der Waals surface area contributed by atoms with Crippen LogP contribution in [-0.4, -0.2) is 29.2 Å². The maximum absolute atomic E-state index is 11.9. The molecule has 0 unspecified atom stereocenters. The molecule has 1 aromatic heterocycles. The Morgan fingerprint density at radius 1 is 1.15 bits per heavy atom. The lowest BCUT2D eigenvalue weighted by Gasteiger charge is -2.08. The number of rotatable bonds is 6. The highest BCUT2D eigenvalue weighted by atomic mass is 35.5. The summed E-state index contributed by atoms with van der Waals surface area (Å²) in [5.41, 5.74) is 2.53. The molecular weight excluding hydrogens is 384 g/mol. The van der Waals surface area contributed by atoms with Gasteiger partial charge in [0.25, 0.3) is 5.91 Å². The van der Waals surface area contributed by atoms with Gasteiger partial charge < -0.3 is 10.1 Å². The van der Waals surface area contributed by atoms with E-state index in [-0.39, 0.29) is 12.4 Å². The molecular formula is C20H17ClN2O3S. The molecule has 5 nitrogen and oxygen atoms in total. The van der Waals surface area contributed by atoms with E-state index in [1.807, 2.05) is 37.3 Å². The number of esters is 1. The highest BCUT2D eigenvalue weighted by molar-refractivity contribution is 7.99. The van der Waals surface area contributed by atoms with Gasteiger partial charge in [0.2, 0.25) is 0 Å². The van der Waals surface area contributed by atoms with E-state index < -0.39 is 11.9 Å². The number of thioether (sulfide) groups is 1. The number of fused-ring (bicyclic) bond motifs is 1. The van der Waals surface area contributed by atoms with Crippen molar-refractivity contribution in [2.45, 2.75) is 11.9 Å². The zero-order valence-corrected chi connectivity index (χ0v) is 16.1. The molecule has 3 aromatic rings. The van der Waals surface area contributed by atoms with Gasteiger partial charge >= 0.3 is 5.97 Å². The monoisotopic (exact) mass is 400 g/mol. The molecule has 0 radical (unpaired) electrons. The van der Waals surface area contributed by atoms with Gasteiger partial charge in [0.1, 0.15) is 0 Å². The summed E-state index contributed by atoms with van der Waals surface area (Å²) < 4.78 is 5.01. The fourth-order valence-corrected chi connectivity index (χ4v) is 3.44. The van der Waals surface area contributed by atoms with Crippen molar-refractivity contribution in [3.63, 3.8) is 0 Å². The predicted octanol–water partition coefficient (Wildman–Crippen LogP) is 4.47. The first-order chi connectivity index (χ1) is 13.0. The topological polar surface area (TPSA) is 68.3 Å². The minimum absolute atomic E-state index is 0.0786. The van der Waals surface area contributed by atoms with Crippen LogP contribution in [0.3, 0.4) is 0 Å². The highest BCUT2D eigenvalue weighted by Crippen LogP contribution is 2.23. The molecule has 0 spiro atoms. The zero-order chi connectivity index (χ0) is 19.2. The second-order valence-electron chi connectivity index (χ2n) is 5.80. The van der Waals surface area contributed by atoms with E-state index in [1.54, 1.807) is 24.3 Å². The fourth-order valence-electron chi connectivity index (χ4n) is 2.48. The summed E-state index contributed by atoms with van der Waals surface area (Å²) in [5, 5.41) is 4.96. The number of hydrogen-bond acceptors (Lipinski definition) is 5. The SMILES string of the molecule is Cc1cc(SCC(=O)OCC(=O)Nc2cccc(Cl)c2)nc2ccccc12. The molecule has 0 aliphatic carbocycles. The molecule has 27 heavy (non-hydrogen) atoms. The van der Waals surface area contributed by atoms with E-state index in [0.717, 1.165) is 21.5 Å². The number of aryl methyl sites for hydroxylation is 1. The van der Waals surface area contributed by atoms with Crippen molar-refractivity contribution in [3.8, 4) is 0 Å². The molecule has 0 saturated carbocycles. The molecule has 0 saturated heterocycles. The summed E-state index contributed by atoms with van der Waals surface area (Å²) in [5.74, 6) is -0.820. The molecule has 7 heteroatoms. The number of ether oxygens (including phenoxy) is 1. The Morgan fingerprint density at radius 2 is 1.96 bits per heavy atom. The minimum atomic E-state index is -0.478. The van der Waals surface area contributed by atoms with Crippen molar-refractivity contribution in [1.29, 1.82) is 0 Å². The first-order valence-corrected chi connectivity index (χ1v) is 9.58. The van der Waals surface area contributed by atoms with Gasteiger partial charge in [0.05, 0.1) is 16.3 Å². The molecule has 0 bridgehead atoms. The lowest BCUT2D eigenvalue weighted by Crippen LogP contribution is -2.21. The van der Waals surface area contributed by atoms with E-state index in [9.17, 15) is 9.59 Å². The summed E-state index contributed by atoms with van der Waals surface area (Å²) >= 11 is 7.14. The summed E-state index contributed by atoms with van der Waals surface area (Å²) in [4.78, 5) is 28.3. The lowest BCUT2D eigenvalue weighted by atomic mass is 10.1. The summed E-state index contributed by atoms with van der Waals surface area (Å²) in [6, 6.07) is 16.5. The summed E-state index contributed by atoms with van der Waals surface area (Å²) in [6.45, 7) is 1.66. The molecule has 1 heterocycles. The average molecular weight is 401 g/mol. The number of halogens is 1. The van der Waals surface area contributed by atoms with Crippen molar-refractivity contribution in [2.75, 3.05) is 17.7 Å². The Labute approximate surface area is 166 Å². The Balaban J connectivity index is 1.49. The van der Waals surface area contributed by atoms with Crippen LogP contribution < -0.4 is 5.32 Å². The number of para-hydroxylation sites is 1. The Bertz CT molecular complexity index is 994. The number of hydrogen-bond donors (Lipinski definition) is 1. The second kappa shape index (κ2) is 8.88. The first-order valence-electron chi connectivity index (χ1n) is 8.21. The van der Waals surface area contributed by atoms with Crippen LogP contribution in [0.15, 0.2) is 59.6 Å². The summed E-state index contributed by atoms with van der Waals surface area (Å²) in [6.07, 6.45) is 0. The van der Waals surface area contributed by atoms with E-state index in [2.05, 4.69) is 10.3 Å². The maximum atomic E-state index is 11.9. The third-order valence-electron chi connectivity index (χ3n) is 3.71. The van der Waals surface area contributed by atoms with Crippen molar-refractivity contribution in [2.24, 2.45) is 0 Å². The fraction of sp³-hybridized carbons (Fsp3) is 0.150. The Morgan fingerprint density at radius 3 is 2.78 bits per heavy atom. The van der Waals surface area contributed by atoms with Gasteiger partial charge in [0, 0.05) is 16.1 Å². The number of aromatic nitrogens is 1. The lowest BCUT2D eigenvalue weighted by molar-refractivity contribution is -0.144. The smallest absolute Gasteiger partial charge is 0.316 e. The first kappa shape index (κ1) is 19.2. The van der Waals surface area contributed by atoms with Crippen LogP contribution in [0.5, 0.6) is 0 Å². The molecule has 1 amide bonds. The van der Waals surface area contributed by atoms with Crippen LogP contribution in [0.25, 0.3) is 10.9 Å². The van der Waals surface area contributed by atoms with E-state index in [0.29, 0.717) is 10.7 Å². The number of anilines is 1. The standard InChI is InChI=1S/C20H17ClN2O3S/c1-13-9-19(23-17-8-3-2-7-16(13)17)27-12-20(25)26-11-18(24)22-15-6-4-5-14(21)10-15/h2-10H,11-12H2,1H3,(H,22,24). The molecule has 0 atom stereocenters. The third-order valence-corrected chi connectivity index (χ3v) is 4.83. The van der Waals surface area contributed by atoms with E-state index in [1.165, 1.54) is 11.8 Å². The van der Waals surface area contributed by atoms with Crippen molar-refractivity contribution >= 4 is 51.8 Å². The van der Waals surface area contributed by atoms with Crippen LogP contribution in [0.2, 0.25) is 5.02 Å². The molecule has 0 aliphatic rings. The number of carbonyl (C=O) groups excluding carboxylic acids is 2. The van der Waals surface area contributed by atoms with Crippen LogP contribution in [-0.2, 0) is 14.3 Å². The Hall–Kier alpha value is -2.57. The number of pyridine rings is 1. The van der Waals surface area contributed by atoms with Gasteiger partial charge in [-0.2, -0.15) is 0 Å². The van der Waals surface area contributed by atoms with Gasteiger partial charge in [-0.1, -0.05) is 47.6 Å². The number of nitrogens with one attached hydrogen (secondary N) is 1. The second-order valence-corrected chi connectivity index (χ2v) is 7.23. The molecule has 0 aliphatic heterocycles. The molecule has 3 rings (SSSR count).